The van der Waals surface area contributed by atoms with Gasteiger partial charge in [-0.2, -0.15) is 0 Å². The Bertz CT molecular complexity index is 627. The number of nitrogens with zero attached hydrogens (tertiary/aromatic N) is 1. The fourth-order valence-electron chi connectivity index (χ4n) is 3.21. The van der Waals surface area contributed by atoms with Crippen molar-refractivity contribution in [2.75, 3.05) is 33.3 Å². The zero-order chi connectivity index (χ0) is 16.1. The standard InChI is InChI=1S/C18H22BrN3O/c1-23-18-5-4-15(11-17(18)19)13-21-7-9-22(10-8-21)14-16-3-2-6-20-12-16/h2-6,11-12H,7-10,13-14H2,1H3/p+2. The van der Waals surface area contributed by atoms with Crippen molar-refractivity contribution < 1.29 is 14.5 Å². The van der Waals surface area contributed by atoms with Crippen LogP contribution in [0.3, 0.4) is 0 Å². The first kappa shape index (κ1) is 16.4. The van der Waals surface area contributed by atoms with Gasteiger partial charge in [0.15, 0.2) is 0 Å². The maximum atomic E-state index is 5.30. The number of nitrogens with one attached hydrogen (secondary N) is 2. The molecule has 23 heavy (non-hydrogen) atoms. The van der Waals surface area contributed by atoms with Crippen LogP contribution in [0.5, 0.6) is 5.75 Å². The number of piperazine rings is 1. The first-order chi connectivity index (χ1) is 11.2. The number of hydrogen-bond acceptors (Lipinski definition) is 2. The van der Waals surface area contributed by atoms with E-state index >= 15 is 0 Å². The molecule has 0 atom stereocenters. The number of aromatic nitrogens is 1. The van der Waals surface area contributed by atoms with Crippen LogP contribution in [-0.4, -0.2) is 38.3 Å². The van der Waals surface area contributed by atoms with Crippen LogP contribution in [-0.2, 0) is 13.1 Å². The fourth-order valence-corrected chi connectivity index (χ4v) is 3.80. The first-order valence-corrected chi connectivity index (χ1v) is 8.92. The summed E-state index contributed by atoms with van der Waals surface area (Å²) >= 11 is 3.57. The molecule has 4 nitrogen and oxygen atoms in total. The van der Waals surface area contributed by atoms with Crippen LogP contribution in [0.1, 0.15) is 11.1 Å². The van der Waals surface area contributed by atoms with Crippen LogP contribution in [0, 0.1) is 0 Å². The average Bonchev–Trinajstić information content (AvgIpc) is 2.58. The number of pyridine rings is 1. The number of ether oxygens (including phenoxy) is 1. The summed E-state index contributed by atoms with van der Waals surface area (Å²) in [5.74, 6) is 0.898. The first-order valence-electron chi connectivity index (χ1n) is 8.13. The molecular formula is C18H24BrN3O+2. The van der Waals surface area contributed by atoms with Crippen LogP contribution < -0.4 is 14.5 Å². The molecule has 1 aliphatic heterocycles. The number of quaternary nitrogens is 2. The molecule has 0 bridgehead atoms. The van der Waals surface area contributed by atoms with Crippen molar-refractivity contribution in [2.24, 2.45) is 0 Å². The smallest absolute Gasteiger partial charge is 0.133 e. The van der Waals surface area contributed by atoms with Gasteiger partial charge in [0.2, 0.25) is 0 Å². The molecule has 0 unspecified atom stereocenters. The Morgan fingerprint density at radius 3 is 2.30 bits per heavy atom. The Morgan fingerprint density at radius 1 is 1.04 bits per heavy atom. The van der Waals surface area contributed by atoms with E-state index in [4.69, 9.17) is 4.74 Å². The van der Waals surface area contributed by atoms with Gasteiger partial charge >= 0.3 is 0 Å². The molecule has 0 radical (unpaired) electrons. The Labute approximate surface area is 146 Å². The maximum absolute atomic E-state index is 5.30. The van der Waals surface area contributed by atoms with E-state index in [0.717, 1.165) is 23.3 Å². The SMILES string of the molecule is COc1ccc(C[NH+]2CC[NH+](Cc3cccnc3)CC2)cc1Br. The highest BCUT2D eigenvalue weighted by atomic mass is 79.9. The molecule has 2 heterocycles. The number of rotatable bonds is 5. The molecule has 1 fully saturated rings. The second kappa shape index (κ2) is 7.90. The summed E-state index contributed by atoms with van der Waals surface area (Å²) in [6.07, 6.45) is 3.83. The minimum atomic E-state index is 0.898. The van der Waals surface area contributed by atoms with Crippen LogP contribution in [0.2, 0.25) is 0 Å². The van der Waals surface area contributed by atoms with E-state index in [9.17, 15) is 0 Å². The summed E-state index contributed by atoms with van der Waals surface area (Å²) in [6.45, 7) is 7.07. The lowest BCUT2D eigenvalue weighted by Crippen LogP contribution is -3.27. The van der Waals surface area contributed by atoms with Gasteiger partial charge in [-0.1, -0.05) is 6.07 Å². The highest BCUT2D eigenvalue weighted by Gasteiger charge is 2.23. The van der Waals surface area contributed by atoms with E-state index in [1.165, 1.54) is 37.3 Å². The van der Waals surface area contributed by atoms with Gasteiger partial charge in [0.1, 0.15) is 45.0 Å². The van der Waals surface area contributed by atoms with Gasteiger partial charge < -0.3 is 14.5 Å². The molecule has 1 aromatic heterocycles. The zero-order valence-electron chi connectivity index (χ0n) is 13.5. The van der Waals surface area contributed by atoms with E-state index in [1.54, 1.807) is 16.9 Å². The van der Waals surface area contributed by atoms with Crippen LogP contribution in [0.4, 0.5) is 0 Å². The summed E-state index contributed by atoms with van der Waals surface area (Å²) in [5.41, 5.74) is 2.70. The zero-order valence-corrected chi connectivity index (χ0v) is 15.1. The van der Waals surface area contributed by atoms with Crippen LogP contribution in [0.25, 0.3) is 0 Å². The molecule has 0 aliphatic carbocycles. The highest BCUT2D eigenvalue weighted by molar-refractivity contribution is 9.10. The minimum Gasteiger partial charge on any atom is -0.496 e. The number of halogens is 1. The molecule has 2 N–H and O–H groups in total. The Hall–Kier alpha value is -1.43. The second-order valence-electron chi connectivity index (χ2n) is 6.18. The highest BCUT2D eigenvalue weighted by Crippen LogP contribution is 2.25. The molecule has 0 spiro atoms. The molecule has 5 heteroatoms. The predicted molar refractivity (Wildman–Crippen MR) is 93.7 cm³/mol. The number of hydrogen-bond donors (Lipinski definition) is 2. The van der Waals surface area contributed by atoms with Gasteiger partial charge in [0.05, 0.1) is 11.6 Å². The molecule has 1 aromatic carbocycles. The Balaban J connectivity index is 1.50. The fraction of sp³-hybridized carbons (Fsp3) is 0.389. The Morgan fingerprint density at radius 2 is 1.74 bits per heavy atom. The second-order valence-corrected chi connectivity index (χ2v) is 7.04. The third kappa shape index (κ3) is 4.53. The number of methoxy groups -OCH3 is 1. The lowest BCUT2D eigenvalue weighted by atomic mass is 10.2. The van der Waals surface area contributed by atoms with E-state index in [1.807, 2.05) is 24.5 Å². The molecule has 1 saturated heterocycles. The quantitative estimate of drug-likeness (QED) is 0.786. The van der Waals surface area contributed by atoms with Gasteiger partial charge in [0.25, 0.3) is 0 Å². The van der Waals surface area contributed by atoms with Gasteiger partial charge in [0, 0.05) is 23.5 Å². The van der Waals surface area contributed by atoms with Crippen LogP contribution >= 0.6 is 15.9 Å². The van der Waals surface area contributed by atoms with Gasteiger partial charge in [-0.15, -0.1) is 0 Å². The monoisotopic (exact) mass is 377 g/mol. The Kier molecular flexibility index (Phi) is 5.65. The normalized spacial score (nSPS) is 21.1. The lowest BCUT2D eigenvalue weighted by Gasteiger charge is -2.29. The molecular weight excluding hydrogens is 354 g/mol. The van der Waals surface area contributed by atoms with Crippen molar-refractivity contribution in [3.8, 4) is 5.75 Å². The third-order valence-electron chi connectivity index (χ3n) is 4.51. The van der Waals surface area contributed by atoms with Crippen molar-refractivity contribution in [3.63, 3.8) is 0 Å². The van der Waals surface area contributed by atoms with Crippen molar-refractivity contribution in [1.29, 1.82) is 0 Å². The molecule has 1 aliphatic rings. The van der Waals surface area contributed by atoms with Crippen molar-refractivity contribution in [3.05, 3.63) is 58.3 Å². The maximum Gasteiger partial charge on any atom is 0.133 e. The molecule has 0 amide bonds. The van der Waals surface area contributed by atoms with Gasteiger partial charge in [-0.05, 0) is 40.2 Å². The van der Waals surface area contributed by atoms with E-state index in [0.29, 0.717) is 0 Å². The topological polar surface area (TPSA) is 31.0 Å². The van der Waals surface area contributed by atoms with E-state index in [2.05, 4.69) is 39.1 Å². The van der Waals surface area contributed by atoms with E-state index in [-0.39, 0.29) is 0 Å². The largest absolute Gasteiger partial charge is 0.496 e. The van der Waals surface area contributed by atoms with Crippen molar-refractivity contribution in [1.82, 2.24) is 4.98 Å². The molecule has 3 rings (SSSR count). The predicted octanol–water partition coefficient (Wildman–Crippen LogP) is 0.336. The minimum absolute atomic E-state index is 0.898. The summed E-state index contributed by atoms with van der Waals surface area (Å²) < 4.78 is 6.34. The molecule has 2 aromatic rings. The average molecular weight is 378 g/mol. The molecule has 122 valence electrons. The summed E-state index contributed by atoms with van der Waals surface area (Å²) in [5, 5.41) is 0. The lowest BCUT2D eigenvalue weighted by molar-refractivity contribution is -1.02. The van der Waals surface area contributed by atoms with Gasteiger partial charge in [-0.3, -0.25) is 4.98 Å². The summed E-state index contributed by atoms with van der Waals surface area (Å²) in [6, 6.07) is 10.6. The van der Waals surface area contributed by atoms with E-state index < -0.39 is 0 Å². The summed E-state index contributed by atoms with van der Waals surface area (Å²) in [7, 11) is 1.70. The van der Waals surface area contributed by atoms with Gasteiger partial charge in [-0.25, -0.2) is 0 Å². The summed E-state index contributed by atoms with van der Waals surface area (Å²) in [4.78, 5) is 7.54. The molecule has 0 saturated carbocycles. The van der Waals surface area contributed by atoms with Crippen LogP contribution in [0.15, 0.2) is 47.2 Å². The number of benzene rings is 1. The van der Waals surface area contributed by atoms with Crippen molar-refractivity contribution >= 4 is 15.9 Å². The third-order valence-corrected chi connectivity index (χ3v) is 5.13. The van der Waals surface area contributed by atoms with Crippen molar-refractivity contribution in [2.45, 2.75) is 13.1 Å².